The number of ether oxygens (including phenoxy) is 1. The Bertz CT molecular complexity index is 1280. The van der Waals surface area contributed by atoms with Gasteiger partial charge < -0.3 is 10.1 Å². The molecule has 4 heterocycles. The summed E-state index contributed by atoms with van der Waals surface area (Å²) in [4.78, 5) is 23.9. The molecule has 1 saturated carbocycles. The number of benzene rings is 1. The number of alkyl halides is 1. The van der Waals surface area contributed by atoms with Gasteiger partial charge in [-0.3, -0.25) is 14.7 Å². The third-order valence-corrected chi connectivity index (χ3v) is 8.60. The lowest BCUT2D eigenvalue weighted by Crippen LogP contribution is -2.55. The Morgan fingerprint density at radius 1 is 1.19 bits per heavy atom. The van der Waals surface area contributed by atoms with E-state index in [1.165, 1.54) is 0 Å². The van der Waals surface area contributed by atoms with Crippen molar-refractivity contribution in [3.05, 3.63) is 65.1 Å². The molecule has 8 heteroatoms. The number of nitrogens with zero attached hydrogens (tertiary/aromatic N) is 3. The van der Waals surface area contributed by atoms with Crippen molar-refractivity contribution in [3.63, 3.8) is 0 Å². The van der Waals surface area contributed by atoms with Gasteiger partial charge in [0.1, 0.15) is 12.0 Å². The number of piperidine rings is 1. The van der Waals surface area contributed by atoms with Crippen molar-refractivity contribution >= 4 is 34.1 Å². The highest BCUT2D eigenvalue weighted by atomic mass is 35.5. The number of rotatable bonds is 5. The van der Waals surface area contributed by atoms with Crippen molar-refractivity contribution in [2.75, 3.05) is 31.6 Å². The Morgan fingerprint density at radius 2 is 2.03 bits per heavy atom. The van der Waals surface area contributed by atoms with Crippen LogP contribution in [0.15, 0.2) is 48.8 Å². The van der Waals surface area contributed by atoms with Crippen molar-refractivity contribution in [1.29, 1.82) is 0 Å². The maximum Gasteiger partial charge on any atom is 0.229 e. The first-order valence-electron chi connectivity index (χ1n) is 12.7. The van der Waals surface area contributed by atoms with Crippen LogP contribution in [0.25, 0.3) is 10.8 Å². The first-order valence-corrected chi connectivity index (χ1v) is 13.1. The molecule has 36 heavy (non-hydrogen) atoms. The smallest absolute Gasteiger partial charge is 0.229 e. The number of amides is 1. The van der Waals surface area contributed by atoms with Crippen molar-refractivity contribution < 1.29 is 13.9 Å². The Labute approximate surface area is 215 Å². The topological polar surface area (TPSA) is 67.4 Å². The largest absolute Gasteiger partial charge is 0.376 e. The van der Waals surface area contributed by atoms with Crippen LogP contribution in [0.3, 0.4) is 0 Å². The van der Waals surface area contributed by atoms with E-state index in [2.05, 4.69) is 26.3 Å². The van der Waals surface area contributed by atoms with E-state index in [4.69, 9.17) is 16.3 Å². The molecule has 6 rings (SSSR count). The number of fused-ring (bicyclic) bond motifs is 1. The van der Waals surface area contributed by atoms with E-state index >= 15 is 0 Å². The van der Waals surface area contributed by atoms with Crippen LogP contribution in [0.2, 0.25) is 5.02 Å². The minimum Gasteiger partial charge on any atom is -0.376 e. The molecular formula is C28H30ClFN4O2. The van der Waals surface area contributed by atoms with Gasteiger partial charge in [-0.25, -0.2) is 9.37 Å². The Morgan fingerprint density at radius 3 is 2.75 bits per heavy atom. The van der Waals surface area contributed by atoms with E-state index in [0.29, 0.717) is 18.3 Å². The zero-order valence-electron chi connectivity index (χ0n) is 20.3. The van der Waals surface area contributed by atoms with Gasteiger partial charge in [0.2, 0.25) is 5.91 Å². The molecule has 3 aromatic rings. The second-order valence-corrected chi connectivity index (χ2v) is 11.0. The zero-order valence-corrected chi connectivity index (χ0v) is 21.0. The van der Waals surface area contributed by atoms with Gasteiger partial charge in [0.05, 0.1) is 18.8 Å². The van der Waals surface area contributed by atoms with Crippen LogP contribution in [-0.2, 0) is 9.53 Å². The fraction of sp³-hybridized carbons (Fsp3) is 0.464. The molecule has 3 fully saturated rings. The van der Waals surface area contributed by atoms with E-state index in [0.717, 1.165) is 59.4 Å². The number of likely N-dealkylation sites (tertiary alicyclic amines) is 1. The number of aromatic nitrogens is 2. The van der Waals surface area contributed by atoms with Crippen molar-refractivity contribution in [1.82, 2.24) is 14.9 Å². The third kappa shape index (κ3) is 4.38. The maximum absolute atomic E-state index is 14.5. The van der Waals surface area contributed by atoms with Gasteiger partial charge in [-0.1, -0.05) is 17.7 Å². The van der Waals surface area contributed by atoms with Crippen molar-refractivity contribution in [2.45, 2.75) is 49.7 Å². The molecular weight excluding hydrogens is 479 g/mol. The van der Waals surface area contributed by atoms with Gasteiger partial charge in [-0.05, 0) is 86.5 Å². The number of anilines is 1. The molecule has 2 aliphatic heterocycles. The number of nitrogens with one attached hydrogen (secondary N) is 1. The summed E-state index contributed by atoms with van der Waals surface area (Å²) < 4.78 is 19.9. The average Bonchev–Trinajstić information content (AvgIpc) is 3.63. The van der Waals surface area contributed by atoms with Crippen LogP contribution in [0, 0.1) is 5.92 Å². The summed E-state index contributed by atoms with van der Waals surface area (Å²) in [6.07, 6.45) is 5.21. The predicted molar refractivity (Wildman–Crippen MR) is 138 cm³/mol. The van der Waals surface area contributed by atoms with Crippen molar-refractivity contribution in [3.8, 4) is 0 Å². The molecule has 1 aliphatic carbocycles. The van der Waals surface area contributed by atoms with E-state index in [-0.39, 0.29) is 24.3 Å². The lowest BCUT2D eigenvalue weighted by Gasteiger charge is -2.43. The first kappa shape index (κ1) is 23.8. The predicted octanol–water partition coefficient (Wildman–Crippen LogP) is 5.33. The molecule has 4 atom stereocenters. The summed E-state index contributed by atoms with van der Waals surface area (Å²) in [7, 11) is 0. The van der Waals surface area contributed by atoms with Gasteiger partial charge in [-0.15, -0.1) is 0 Å². The standard InChI is InChI=1S/C28H30ClFN4O2/c1-28(16-36-15-25(28)30)34-8-5-17(6-9-34)20-10-18-12-26(32-14-19(18)11-23(20)29)33-27(35)22-13-21(22)24-4-2-3-7-31-24/h2-4,7,10-12,14,17,21-22,25H,5-6,8-9,13,15-16H2,1H3,(H,32,33,35)/t21-,22-,25-,28+/m0/s1. The Hall–Kier alpha value is -2.61. The van der Waals surface area contributed by atoms with Gasteiger partial charge in [0, 0.05) is 40.3 Å². The first-order chi connectivity index (χ1) is 17.4. The monoisotopic (exact) mass is 508 g/mol. The van der Waals surface area contributed by atoms with E-state index in [9.17, 15) is 9.18 Å². The van der Waals surface area contributed by atoms with Crippen LogP contribution in [0.1, 0.15) is 49.3 Å². The summed E-state index contributed by atoms with van der Waals surface area (Å²) in [5, 5.41) is 5.66. The minimum absolute atomic E-state index is 0.0189. The van der Waals surface area contributed by atoms with E-state index in [1.807, 2.05) is 37.3 Å². The lowest BCUT2D eigenvalue weighted by atomic mass is 9.85. The quantitative estimate of drug-likeness (QED) is 0.504. The molecule has 0 bridgehead atoms. The van der Waals surface area contributed by atoms with Crippen LogP contribution in [0.4, 0.5) is 10.2 Å². The fourth-order valence-corrected chi connectivity index (χ4v) is 6.15. The second-order valence-electron chi connectivity index (χ2n) is 10.6. The molecule has 1 amide bonds. The SMILES string of the molecule is C[C@@]1(N2CCC(c3cc4cc(NC(=O)[C@H]5C[C@@H]5c5ccccn5)ncc4cc3Cl)CC2)COC[C@@H]1F. The zero-order chi connectivity index (χ0) is 24.9. The molecule has 2 aromatic heterocycles. The van der Waals surface area contributed by atoms with Gasteiger partial charge in [0.15, 0.2) is 0 Å². The summed E-state index contributed by atoms with van der Waals surface area (Å²) in [5.41, 5.74) is 1.54. The molecule has 0 unspecified atom stereocenters. The lowest BCUT2D eigenvalue weighted by molar-refractivity contribution is -0.117. The molecule has 2 saturated heterocycles. The summed E-state index contributed by atoms with van der Waals surface area (Å²) >= 11 is 6.70. The molecule has 188 valence electrons. The van der Waals surface area contributed by atoms with Crippen LogP contribution in [-0.4, -0.2) is 58.8 Å². The number of carbonyl (C=O) groups excluding carboxylic acids is 1. The number of hydrogen-bond acceptors (Lipinski definition) is 5. The maximum atomic E-state index is 14.5. The van der Waals surface area contributed by atoms with E-state index < -0.39 is 11.7 Å². The molecule has 3 aliphatic rings. The summed E-state index contributed by atoms with van der Waals surface area (Å²) in [5.74, 6) is 0.937. The Balaban J connectivity index is 1.15. The van der Waals surface area contributed by atoms with Crippen LogP contribution in [0.5, 0.6) is 0 Å². The number of pyridine rings is 2. The minimum atomic E-state index is -0.950. The molecule has 0 radical (unpaired) electrons. The third-order valence-electron chi connectivity index (χ3n) is 8.27. The normalized spacial score (nSPS) is 28.9. The highest BCUT2D eigenvalue weighted by Gasteiger charge is 2.46. The molecule has 0 spiro atoms. The summed E-state index contributed by atoms with van der Waals surface area (Å²) in [6, 6.07) is 11.8. The highest BCUT2D eigenvalue weighted by Crippen LogP contribution is 2.47. The van der Waals surface area contributed by atoms with Crippen LogP contribution >= 0.6 is 11.6 Å². The van der Waals surface area contributed by atoms with Gasteiger partial charge in [-0.2, -0.15) is 0 Å². The second kappa shape index (κ2) is 9.36. The summed E-state index contributed by atoms with van der Waals surface area (Å²) in [6.45, 7) is 4.23. The number of carbonyl (C=O) groups is 1. The number of halogens is 2. The van der Waals surface area contributed by atoms with Crippen LogP contribution < -0.4 is 5.32 Å². The highest BCUT2D eigenvalue weighted by molar-refractivity contribution is 6.32. The van der Waals surface area contributed by atoms with Crippen molar-refractivity contribution in [2.24, 2.45) is 5.92 Å². The number of hydrogen-bond donors (Lipinski definition) is 1. The van der Waals surface area contributed by atoms with Gasteiger partial charge >= 0.3 is 0 Å². The van der Waals surface area contributed by atoms with Gasteiger partial charge in [0.25, 0.3) is 0 Å². The van der Waals surface area contributed by atoms with E-state index in [1.54, 1.807) is 12.4 Å². The Kier molecular flexibility index (Phi) is 6.18. The molecule has 1 aromatic carbocycles. The fourth-order valence-electron chi connectivity index (χ4n) is 5.82. The average molecular weight is 509 g/mol. The molecule has 1 N–H and O–H groups in total. The molecule has 6 nitrogen and oxygen atoms in total.